The maximum absolute atomic E-state index is 12.7. The first-order valence-electron chi connectivity index (χ1n) is 19.7. The number of allylic oxidation sites excluding steroid dienone is 4. The molecule has 0 aromatic carbocycles. The van der Waals surface area contributed by atoms with Gasteiger partial charge >= 0.3 is 19.8 Å². The first-order chi connectivity index (χ1) is 24.9. The summed E-state index contributed by atoms with van der Waals surface area (Å²) in [6.07, 6.45) is 15.6. The SMILES string of the molecule is CCCCCC/C=C/C=C/CCCCCCCC(=O)OC[C@@H](COP(=O)(O)OC1C(O)C(O)C(O)[C@H](O)C1O)OC(=O)CCCCCCCCCC. The molecule has 1 saturated carbocycles. The molecule has 304 valence electrons. The second-order valence-corrected chi connectivity index (χ2v) is 15.2. The maximum Gasteiger partial charge on any atom is 0.472 e. The molecule has 0 bridgehead atoms. The van der Waals surface area contributed by atoms with E-state index in [0.717, 1.165) is 64.2 Å². The molecule has 6 unspecified atom stereocenters. The number of carbonyl (C=O) groups is 2. The van der Waals surface area contributed by atoms with Gasteiger partial charge < -0.3 is 39.9 Å². The van der Waals surface area contributed by atoms with Crippen molar-refractivity contribution in [1.29, 1.82) is 0 Å². The van der Waals surface area contributed by atoms with Crippen LogP contribution in [0.25, 0.3) is 0 Å². The Kier molecular flexibility index (Phi) is 27.6. The van der Waals surface area contributed by atoms with E-state index in [1.807, 2.05) is 0 Å². The van der Waals surface area contributed by atoms with Gasteiger partial charge in [0.25, 0.3) is 0 Å². The van der Waals surface area contributed by atoms with E-state index in [-0.39, 0.29) is 12.8 Å². The van der Waals surface area contributed by atoms with Crippen molar-refractivity contribution in [2.45, 2.75) is 191 Å². The highest BCUT2D eigenvalue weighted by atomic mass is 31.2. The van der Waals surface area contributed by atoms with Crippen molar-refractivity contribution >= 4 is 19.8 Å². The van der Waals surface area contributed by atoms with E-state index in [0.29, 0.717) is 12.8 Å². The Labute approximate surface area is 311 Å². The summed E-state index contributed by atoms with van der Waals surface area (Å²) in [6, 6.07) is 0. The second kappa shape index (κ2) is 29.7. The van der Waals surface area contributed by atoms with Gasteiger partial charge in [-0.1, -0.05) is 122 Å². The van der Waals surface area contributed by atoms with E-state index >= 15 is 0 Å². The summed E-state index contributed by atoms with van der Waals surface area (Å²) in [5.41, 5.74) is 0. The molecule has 0 aromatic heterocycles. The van der Waals surface area contributed by atoms with Crippen LogP contribution in [0.2, 0.25) is 0 Å². The average molecular weight is 765 g/mol. The molecule has 52 heavy (non-hydrogen) atoms. The molecule has 0 aliphatic heterocycles. The molecule has 0 saturated heterocycles. The first kappa shape index (κ1) is 48.3. The maximum atomic E-state index is 12.7. The zero-order valence-electron chi connectivity index (χ0n) is 31.6. The van der Waals surface area contributed by atoms with Crippen molar-refractivity contribution in [3.63, 3.8) is 0 Å². The molecule has 0 amide bonds. The van der Waals surface area contributed by atoms with E-state index < -0.39 is 75.7 Å². The molecule has 13 nitrogen and oxygen atoms in total. The normalized spacial score (nSPS) is 23.9. The predicted octanol–water partition coefficient (Wildman–Crippen LogP) is 6.11. The van der Waals surface area contributed by atoms with Gasteiger partial charge in [0.2, 0.25) is 0 Å². The molecular formula is C38H69O13P. The Balaban J connectivity index is 2.52. The number of esters is 2. The highest BCUT2D eigenvalue weighted by Crippen LogP contribution is 2.47. The first-order valence-corrected chi connectivity index (χ1v) is 21.2. The fraction of sp³-hybridized carbons (Fsp3) is 0.842. The molecule has 14 heteroatoms. The van der Waals surface area contributed by atoms with E-state index in [9.17, 15) is 44.6 Å². The van der Waals surface area contributed by atoms with Crippen molar-refractivity contribution in [1.82, 2.24) is 0 Å². The molecule has 1 aliphatic rings. The topological polar surface area (TPSA) is 210 Å². The van der Waals surface area contributed by atoms with Gasteiger partial charge in [0.15, 0.2) is 6.10 Å². The number of hydrogen-bond donors (Lipinski definition) is 6. The number of hydrogen-bond acceptors (Lipinski definition) is 12. The number of aliphatic hydroxyl groups excluding tert-OH is 5. The monoisotopic (exact) mass is 764 g/mol. The highest BCUT2D eigenvalue weighted by molar-refractivity contribution is 7.47. The van der Waals surface area contributed by atoms with Crippen molar-refractivity contribution in [3.05, 3.63) is 24.3 Å². The summed E-state index contributed by atoms with van der Waals surface area (Å²) in [7, 11) is -5.10. The Morgan fingerprint density at radius 3 is 1.54 bits per heavy atom. The molecule has 1 fully saturated rings. The van der Waals surface area contributed by atoms with E-state index in [2.05, 4.69) is 38.2 Å². The lowest BCUT2D eigenvalue weighted by Crippen LogP contribution is -2.64. The van der Waals surface area contributed by atoms with Crippen LogP contribution in [0, 0.1) is 0 Å². The molecule has 1 aliphatic carbocycles. The highest BCUT2D eigenvalue weighted by Gasteiger charge is 2.51. The fourth-order valence-electron chi connectivity index (χ4n) is 5.81. The Hall–Kier alpha value is -1.67. The molecule has 0 heterocycles. The molecule has 1 rings (SSSR count). The molecular weight excluding hydrogens is 695 g/mol. The lowest BCUT2D eigenvalue weighted by Gasteiger charge is -2.41. The minimum absolute atomic E-state index is 0.0941. The number of ether oxygens (including phenoxy) is 2. The summed E-state index contributed by atoms with van der Waals surface area (Å²) in [5.74, 6) is -1.12. The summed E-state index contributed by atoms with van der Waals surface area (Å²) in [4.78, 5) is 35.3. The van der Waals surface area contributed by atoms with Crippen molar-refractivity contribution in [2.24, 2.45) is 0 Å². The van der Waals surface area contributed by atoms with Gasteiger partial charge in [-0.15, -0.1) is 0 Å². The minimum Gasteiger partial charge on any atom is -0.462 e. The minimum atomic E-state index is -5.10. The smallest absolute Gasteiger partial charge is 0.462 e. The lowest BCUT2D eigenvalue weighted by molar-refractivity contribution is -0.220. The van der Waals surface area contributed by atoms with Crippen LogP contribution in [0.15, 0.2) is 24.3 Å². The summed E-state index contributed by atoms with van der Waals surface area (Å²) < 4.78 is 33.2. The Morgan fingerprint density at radius 1 is 0.596 bits per heavy atom. The number of aliphatic hydroxyl groups is 5. The van der Waals surface area contributed by atoms with E-state index in [1.54, 1.807) is 0 Å². The molecule has 0 spiro atoms. The van der Waals surface area contributed by atoms with Crippen molar-refractivity contribution in [3.8, 4) is 0 Å². The summed E-state index contributed by atoms with van der Waals surface area (Å²) in [6.45, 7) is 3.19. The van der Waals surface area contributed by atoms with Crippen molar-refractivity contribution in [2.75, 3.05) is 13.2 Å². The van der Waals surface area contributed by atoms with Gasteiger partial charge in [-0.2, -0.15) is 0 Å². The van der Waals surface area contributed by atoms with Gasteiger partial charge in [-0.3, -0.25) is 18.6 Å². The number of carbonyl (C=O) groups excluding carboxylic acids is 2. The molecule has 0 radical (unpaired) electrons. The van der Waals surface area contributed by atoms with Gasteiger partial charge in [0, 0.05) is 12.8 Å². The number of unbranched alkanes of at least 4 members (excludes halogenated alkanes) is 16. The lowest BCUT2D eigenvalue weighted by atomic mass is 9.85. The van der Waals surface area contributed by atoms with Crippen LogP contribution in [-0.2, 0) is 32.7 Å². The average Bonchev–Trinajstić information content (AvgIpc) is 3.12. The van der Waals surface area contributed by atoms with Crippen LogP contribution in [0.1, 0.15) is 149 Å². The number of phosphoric ester groups is 1. The summed E-state index contributed by atoms with van der Waals surface area (Å²) >= 11 is 0. The van der Waals surface area contributed by atoms with Crippen LogP contribution in [0.4, 0.5) is 0 Å². The quantitative estimate of drug-likeness (QED) is 0.0204. The predicted molar refractivity (Wildman–Crippen MR) is 198 cm³/mol. The van der Waals surface area contributed by atoms with Crippen LogP contribution in [-0.4, -0.2) is 98.3 Å². The summed E-state index contributed by atoms with van der Waals surface area (Å²) in [5, 5.41) is 49.9. The zero-order valence-corrected chi connectivity index (χ0v) is 32.5. The molecule has 6 N–H and O–H groups in total. The van der Waals surface area contributed by atoms with Gasteiger partial charge in [-0.05, 0) is 38.5 Å². The second-order valence-electron chi connectivity index (χ2n) is 13.8. The third-order valence-corrected chi connectivity index (χ3v) is 10.1. The standard InChI is InChI=1S/C38H69O13P/c1-3-5-7-9-11-13-14-15-16-17-18-19-21-22-24-26-31(39)48-28-30(50-32(40)27-25-23-20-12-10-8-6-4-2)29-49-52(46,47)51-38-36(44)34(42)33(41)35(43)37(38)45/h13-16,30,33-38,41-45H,3-12,17-29H2,1-2H3,(H,46,47)/b14-13+,16-15+/t30-,33?,34-,35?,36?,37?,38?/m0/s1. The van der Waals surface area contributed by atoms with Crippen LogP contribution in [0.5, 0.6) is 0 Å². The molecule has 8 atom stereocenters. The zero-order chi connectivity index (χ0) is 38.6. The Bertz CT molecular complexity index is 1020. The molecule has 0 aromatic rings. The number of phosphoric acid groups is 1. The van der Waals surface area contributed by atoms with E-state index in [1.165, 1.54) is 44.9 Å². The third-order valence-electron chi connectivity index (χ3n) is 9.07. The van der Waals surface area contributed by atoms with Gasteiger partial charge in [-0.25, -0.2) is 4.57 Å². The van der Waals surface area contributed by atoms with Crippen molar-refractivity contribution < 1.29 is 63.1 Å². The van der Waals surface area contributed by atoms with Crippen LogP contribution in [0.3, 0.4) is 0 Å². The largest absolute Gasteiger partial charge is 0.472 e. The van der Waals surface area contributed by atoms with Crippen LogP contribution < -0.4 is 0 Å². The van der Waals surface area contributed by atoms with Crippen LogP contribution >= 0.6 is 7.82 Å². The number of rotatable bonds is 31. The van der Waals surface area contributed by atoms with Gasteiger partial charge in [0.05, 0.1) is 6.61 Å². The fourth-order valence-corrected chi connectivity index (χ4v) is 6.78. The van der Waals surface area contributed by atoms with E-state index in [4.69, 9.17) is 18.5 Å². The van der Waals surface area contributed by atoms with Gasteiger partial charge in [0.1, 0.15) is 43.2 Å². The third kappa shape index (κ3) is 22.5. The Morgan fingerprint density at radius 2 is 1.02 bits per heavy atom.